The highest BCUT2D eigenvalue weighted by molar-refractivity contribution is 8.13. The van der Waals surface area contributed by atoms with Crippen LogP contribution >= 0.6 is 11.8 Å². The number of aliphatic imine (C=N–C) groups is 1. The Morgan fingerprint density at radius 2 is 2.18 bits per heavy atom. The maximum atomic E-state index is 8.61. The molecule has 0 aliphatic rings. The molecule has 0 radical (unpaired) electrons. The highest BCUT2D eigenvalue weighted by atomic mass is 32.2. The van der Waals surface area contributed by atoms with Crippen molar-refractivity contribution in [1.29, 1.82) is 5.26 Å². The Bertz CT molecular complexity index is 700. The van der Waals surface area contributed by atoms with Crippen molar-refractivity contribution in [3.63, 3.8) is 0 Å². The number of nitriles is 1. The molecular formula is C15H17N5OS. The van der Waals surface area contributed by atoms with Crippen molar-refractivity contribution < 1.29 is 4.74 Å². The van der Waals surface area contributed by atoms with Gasteiger partial charge in [-0.1, -0.05) is 11.8 Å². The molecule has 22 heavy (non-hydrogen) atoms. The van der Waals surface area contributed by atoms with E-state index in [9.17, 15) is 0 Å². The van der Waals surface area contributed by atoms with E-state index >= 15 is 0 Å². The second kappa shape index (κ2) is 7.52. The fourth-order valence-electron chi connectivity index (χ4n) is 1.75. The lowest BCUT2D eigenvalue weighted by molar-refractivity contribution is 0.305. The molecule has 0 saturated heterocycles. The minimum atomic E-state index is 0.480. The average molecular weight is 315 g/mol. The standard InChI is InChI=1S/C15H17N5OS/c1-11-12(8-18-20(11)2)9-21-14-6-4-13(5-7-14)19-15(22-3)17-10-16/h4-8H,9H2,1-3H3,(H,17,19). The van der Waals surface area contributed by atoms with E-state index in [4.69, 9.17) is 10.00 Å². The van der Waals surface area contributed by atoms with Crippen LogP contribution in [0.25, 0.3) is 0 Å². The van der Waals surface area contributed by atoms with Gasteiger partial charge in [0.25, 0.3) is 0 Å². The van der Waals surface area contributed by atoms with Crippen LogP contribution < -0.4 is 10.1 Å². The van der Waals surface area contributed by atoms with Crippen LogP contribution in [0, 0.1) is 18.4 Å². The van der Waals surface area contributed by atoms with Crippen molar-refractivity contribution in [1.82, 2.24) is 15.1 Å². The Morgan fingerprint density at radius 3 is 2.73 bits per heavy atom. The highest BCUT2D eigenvalue weighted by Crippen LogP contribution is 2.20. The van der Waals surface area contributed by atoms with E-state index in [1.165, 1.54) is 11.8 Å². The summed E-state index contributed by atoms with van der Waals surface area (Å²) in [5.74, 6) is 0.765. The number of aryl methyl sites for hydroxylation is 1. The van der Waals surface area contributed by atoms with E-state index in [1.807, 2.05) is 61.6 Å². The summed E-state index contributed by atoms with van der Waals surface area (Å²) in [6.45, 7) is 2.49. The number of amidine groups is 1. The lowest BCUT2D eigenvalue weighted by atomic mass is 10.3. The lowest BCUT2D eigenvalue weighted by Gasteiger charge is -2.06. The molecule has 1 aromatic heterocycles. The number of hydrogen-bond acceptors (Lipinski definition) is 5. The van der Waals surface area contributed by atoms with Crippen LogP contribution in [0.3, 0.4) is 0 Å². The van der Waals surface area contributed by atoms with E-state index < -0.39 is 0 Å². The normalized spacial score (nSPS) is 11.1. The smallest absolute Gasteiger partial charge is 0.183 e. The van der Waals surface area contributed by atoms with Crippen LogP contribution in [-0.4, -0.2) is 21.2 Å². The van der Waals surface area contributed by atoms with Crippen LogP contribution in [0.15, 0.2) is 35.5 Å². The topological polar surface area (TPSA) is 75.2 Å². The zero-order chi connectivity index (χ0) is 15.9. The Balaban J connectivity index is 2.00. The third-order valence-electron chi connectivity index (χ3n) is 3.15. The molecule has 6 nitrogen and oxygen atoms in total. The summed E-state index contributed by atoms with van der Waals surface area (Å²) in [5.41, 5.74) is 2.91. The monoisotopic (exact) mass is 315 g/mol. The third-order valence-corrected chi connectivity index (χ3v) is 3.73. The molecule has 114 valence electrons. The van der Waals surface area contributed by atoms with Gasteiger partial charge in [-0.25, -0.2) is 4.99 Å². The second-order valence-electron chi connectivity index (χ2n) is 4.52. The van der Waals surface area contributed by atoms with Crippen molar-refractivity contribution in [2.75, 3.05) is 6.26 Å². The van der Waals surface area contributed by atoms with Gasteiger partial charge in [0.2, 0.25) is 0 Å². The van der Waals surface area contributed by atoms with Crippen molar-refractivity contribution in [2.24, 2.45) is 12.0 Å². The van der Waals surface area contributed by atoms with Gasteiger partial charge in [0.05, 0.1) is 11.9 Å². The highest BCUT2D eigenvalue weighted by Gasteiger charge is 2.04. The molecule has 0 atom stereocenters. The number of benzene rings is 1. The summed E-state index contributed by atoms with van der Waals surface area (Å²) in [5, 5.41) is 15.9. The van der Waals surface area contributed by atoms with Crippen LogP contribution in [0.5, 0.6) is 5.75 Å². The Morgan fingerprint density at radius 1 is 1.45 bits per heavy atom. The number of thioether (sulfide) groups is 1. The van der Waals surface area contributed by atoms with Gasteiger partial charge in [0.1, 0.15) is 12.4 Å². The van der Waals surface area contributed by atoms with Crippen molar-refractivity contribution in [2.45, 2.75) is 13.5 Å². The molecule has 0 unspecified atom stereocenters. The zero-order valence-electron chi connectivity index (χ0n) is 12.7. The molecule has 0 fully saturated rings. The number of nitrogens with one attached hydrogen (secondary N) is 1. The van der Waals surface area contributed by atoms with Crippen molar-refractivity contribution >= 4 is 22.6 Å². The summed E-state index contributed by atoms with van der Waals surface area (Å²) in [6.07, 6.45) is 5.53. The number of nitrogens with zero attached hydrogens (tertiary/aromatic N) is 4. The number of rotatable bonds is 4. The van der Waals surface area contributed by atoms with Gasteiger partial charge in [-0.2, -0.15) is 10.4 Å². The lowest BCUT2D eigenvalue weighted by Crippen LogP contribution is -2.12. The van der Waals surface area contributed by atoms with E-state index in [1.54, 1.807) is 0 Å². The van der Waals surface area contributed by atoms with E-state index in [0.29, 0.717) is 11.8 Å². The Labute approximate surface area is 133 Å². The summed E-state index contributed by atoms with van der Waals surface area (Å²) in [4.78, 5) is 4.32. The summed E-state index contributed by atoms with van der Waals surface area (Å²) in [7, 11) is 1.91. The fraction of sp³-hybridized carbons (Fsp3) is 0.267. The van der Waals surface area contributed by atoms with Crippen molar-refractivity contribution in [3.05, 3.63) is 41.7 Å². The molecule has 0 spiro atoms. The summed E-state index contributed by atoms with van der Waals surface area (Å²) in [6, 6.07) is 7.41. The predicted octanol–water partition coefficient (Wildman–Crippen LogP) is 2.73. The molecule has 2 rings (SSSR count). The van der Waals surface area contributed by atoms with E-state index in [-0.39, 0.29) is 0 Å². The zero-order valence-corrected chi connectivity index (χ0v) is 13.5. The molecule has 1 N–H and O–H groups in total. The predicted molar refractivity (Wildman–Crippen MR) is 88.1 cm³/mol. The van der Waals surface area contributed by atoms with Crippen LogP contribution in [-0.2, 0) is 13.7 Å². The minimum Gasteiger partial charge on any atom is -0.489 e. The quantitative estimate of drug-likeness (QED) is 0.406. The Hall–Kier alpha value is -2.46. The number of aromatic nitrogens is 2. The molecule has 7 heteroatoms. The molecule has 0 amide bonds. The molecule has 0 bridgehead atoms. The van der Waals surface area contributed by atoms with Gasteiger partial charge in [0.15, 0.2) is 11.4 Å². The first-order chi connectivity index (χ1) is 10.6. The number of hydrogen-bond donors (Lipinski definition) is 1. The van der Waals surface area contributed by atoms with Crippen LogP contribution in [0.1, 0.15) is 11.3 Å². The number of ether oxygens (including phenoxy) is 1. The van der Waals surface area contributed by atoms with Gasteiger partial charge >= 0.3 is 0 Å². The first kappa shape index (κ1) is 15.9. The van der Waals surface area contributed by atoms with Crippen molar-refractivity contribution in [3.8, 4) is 11.9 Å². The molecular weight excluding hydrogens is 298 g/mol. The summed E-state index contributed by atoms with van der Waals surface area (Å²) >= 11 is 1.38. The minimum absolute atomic E-state index is 0.480. The van der Waals surface area contributed by atoms with Gasteiger partial charge in [-0.05, 0) is 37.4 Å². The van der Waals surface area contributed by atoms with Gasteiger partial charge in [-0.15, -0.1) is 0 Å². The molecule has 1 heterocycles. The maximum Gasteiger partial charge on any atom is 0.183 e. The van der Waals surface area contributed by atoms with E-state index in [2.05, 4.69) is 15.4 Å². The second-order valence-corrected chi connectivity index (χ2v) is 5.31. The van der Waals surface area contributed by atoms with Gasteiger partial charge in [-0.3, -0.25) is 10.00 Å². The molecule has 0 saturated carbocycles. The first-order valence-electron chi connectivity index (χ1n) is 6.62. The Kier molecular flexibility index (Phi) is 5.44. The fourth-order valence-corrected chi connectivity index (χ4v) is 2.10. The van der Waals surface area contributed by atoms with Crippen LogP contribution in [0.4, 0.5) is 5.69 Å². The largest absolute Gasteiger partial charge is 0.489 e. The first-order valence-corrected chi connectivity index (χ1v) is 7.84. The van der Waals surface area contributed by atoms with Gasteiger partial charge < -0.3 is 4.74 Å². The maximum absolute atomic E-state index is 8.61. The third kappa shape index (κ3) is 4.02. The van der Waals surface area contributed by atoms with E-state index in [0.717, 1.165) is 22.7 Å². The SMILES string of the molecule is CSC(=Nc1ccc(OCc2cnn(C)c2C)cc1)NC#N. The average Bonchev–Trinajstić information content (AvgIpc) is 2.85. The molecule has 2 aromatic rings. The van der Waals surface area contributed by atoms with Gasteiger partial charge in [0, 0.05) is 18.3 Å². The molecule has 0 aliphatic carbocycles. The summed E-state index contributed by atoms with van der Waals surface area (Å²) < 4.78 is 7.57. The van der Waals surface area contributed by atoms with Crippen LogP contribution in [0.2, 0.25) is 0 Å². The molecule has 1 aromatic carbocycles. The molecule has 0 aliphatic heterocycles.